The Morgan fingerprint density at radius 3 is 2.18 bits per heavy atom. The number of nitrogens with one attached hydrogen (secondary N) is 1. The number of hydrogen-bond acceptors (Lipinski definition) is 6. The van der Waals surface area contributed by atoms with Gasteiger partial charge >= 0.3 is 6.03 Å². The van der Waals surface area contributed by atoms with E-state index in [-0.39, 0.29) is 33.1 Å². The van der Waals surface area contributed by atoms with Gasteiger partial charge in [-0.05, 0) is 36.4 Å². The lowest BCUT2D eigenvalue weighted by molar-refractivity contribution is -0.127. The lowest BCUT2D eigenvalue weighted by Gasteiger charge is -2.32. The van der Waals surface area contributed by atoms with Crippen molar-refractivity contribution in [3.05, 3.63) is 46.4 Å². The maximum atomic E-state index is 12.2. The Bertz CT molecular complexity index is 1030. The minimum atomic E-state index is -3.32. The third-order valence-corrected chi connectivity index (χ3v) is 5.64. The van der Waals surface area contributed by atoms with Crippen molar-refractivity contribution in [1.82, 2.24) is 10.3 Å². The van der Waals surface area contributed by atoms with Crippen molar-refractivity contribution in [2.24, 2.45) is 0 Å². The van der Waals surface area contributed by atoms with Crippen LogP contribution in [0, 0.1) is 0 Å². The molecule has 1 fully saturated rings. The summed E-state index contributed by atoms with van der Waals surface area (Å²) in [5.41, 5.74) is 3.02. The summed E-state index contributed by atoms with van der Waals surface area (Å²) in [6.07, 6.45) is 1.11. The van der Waals surface area contributed by atoms with Gasteiger partial charge in [0.05, 0.1) is 27.2 Å². The van der Waals surface area contributed by atoms with Crippen molar-refractivity contribution in [3.63, 3.8) is 0 Å². The van der Waals surface area contributed by atoms with Gasteiger partial charge in [-0.2, -0.15) is 0 Å². The first kappa shape index (κ1) is 20.4. The van der Waals surface area contributed by atoms with Crippen molar-refractivity contribution >= 4 is 50.7 Å². The van der Waals surface area contributed by atoms with Crippen molar-refractivity contribution in [3.8, 4) is 11.5 Å². The van der Waals surface area contributed by atoms with E-state index in [1.807, 2.05) is 0 Å². The number of carbonyl (C=O) groups is 2. The third-order valence-electron chi connectivity index (χ3n) is 3.95. The van der Waals surface area contributed by atoms with Gasteiger partial charge in [0.2, 0.25) is 5.91 Å². The van der Waals surface area contributed by atoms with E-state index in [0.29, 0.717) is 11.4 Å². The molecule has 1 heterocycles. The molecule has 3 amide bonds. The standard InChI is InChI=1S/C17H15Cl2N3O5S/c1-21-15(23)9-20-22(17(21)24)10-7-13(18)16(14(19)8-10)27-11-3-5-12(6-4-11)28(2,25)26/h3-8,20H,9H2,1-2H3. The van der Waals surface area contributed by atoms with Crippen molar-refractivity contribution in [2.75, 3.05) is 24.9 Å². The van der Waals surface area contributed by atoms with E-state index in [9.17, 15) is 18.0 Å². The second-order valence-electron chi connectivity index (χ2n) is 5.99. The normalized spacial score (nSPS) is 15.1. The lowest BCUT2D eigenvalue weighted by atomic mass is 10.2. The van der Waals surface area contributed by atoms with Crippen LogP contribution in [0.3, 0.4) is 0 Å². The van der Waals surface area contributed by atoms with Crippen LogP contribution in [0.5, 0.6) is 11.5 Å². The van der Waals surface area contributed by atoms with Crippen molar-refractivity contribution < 1.29 is 22.7 Å². The Kier molecular flexibility index (Phi) is 5.53. The molecular formula is C17H15Cl2N3O5S. The SMILES string of the molecule is CN1C(=O)CNN(c2cc(Cl)c(Oc3ccc(S(C)(=O)=O)cc3)c(Cl)c2)C1=O. The number of anilines is 1. The summed E-state index contributed by atoms with van der Waals surface area (Å²) in [5, 5.41) is 1.41. The zero-order valence-electron chi connectivity index (χ0n) is 14.8. The maximum absolute atomic E-state index is 12.2. The van der Waals surface area contributed by atoms with Gasteiger partial charge in [-0.15, -0.1) is 0 Å². The van der Waals surface area contributed by atoms with Crippen LogP contribution in [0.25, 0.3) is 0 Å². The molecule has 148 valence electrons. The minimum absolute atomic E-state index is 0.0532. The van der Waals surface area contributed by atoms with Crippen molar-refractivity contribution in [1.29, 1.82) is 0 Å². The number of imide groups is 1. The molecule has 0 spiro atoms. The van der Waals surface area contributed by atoms with Gasteiger partial charge in [0.25, 0.3) is 0 Å². The second kappa shape index (κ2) is 7.59. The molecule has 1 aliphatic heterocycles. The Morgan fingerprint density at radius 1 is 1.07 bits per heavy atom. The number of likely N-dealkylation sites (N-methyl/N-ethyl adjacent to an activating group) is 1. The molecule has 2 aromatic carbocycles. The molecule has 8 nitrogen and oxygen atoms in total. The topological polar surface area (TPSA) is 96.0 Å². The van der Waals surface area contributed by atoms with E-state index in [1.54, 1.807) is 0 Å². The van der Waals surface area contributed by atoms with E-state index >= 15 is 0 Å². The smallest absolute Gasteiger partial charge is 0.345 e. The maximum Gasteiger partial charge on any atom is 0.345 e. The number of nitrogens with zero attached hydrogens (tertiary/aromatic N) is 2. The molecule has 1 N–H and O–H groups in total. The predicted octanol–water partition coefficient (Wildman–Crippen LogP) is 3.09. The monoisotopic (exact) mass is 443 g/mol. The lowest BCUT2D eigenvalue weighted by Crippen LogP contribution is -2.59. The highest BCUT2D eigenvalue weighted by molar-refractivity contribution is 7.90. The zero-order valence-corrected chi connectivity index (χ0v) is 17.1. The molecule has 0 unspecified atom stereocenters. The number of sulfone groups is 1. The fourth-order valence-corrected chi connectivity index (χ4v) is 3.62. The van der Waals surface area contributed by atoms with Crippen LogP contribution in [-0.2, 0) is 14.6 Å². The highest BCUT2D eigenvalue weighted by Crippen LogP contribution is 2.40. The van der Waals surface area contributed by atoms with Crippen molar-refractivity contribution in [2.45, 2.75) is 4.90 Å². The number of carbonyl (C=O) groups excluding carboxylic acids is 2. The molecule has 0 saturated carbocycles. The number of ether oxygens (including phenoxy) is 1. The number of benzene rings is 2. The molecule has 3 rings (SSSR count). The zero-order chi connectivity index (χ0) is 20.6. The molecule has 2 aromatic rings. The summed E-state index contributed by atoms with van der Waals surface area (Å²) >= 11 is 12.5. The van der Waals surface area contributed by atoms with Crippen LogP contribution in [0.15, 0.2) is 41.3 Å². The molecule has 0 atom stereocenters. The highest BCUT2D eigenvalue weighted by atomic mass is 35.5. The molecular weight excluding hydrogens is 429 g/mol. The Morgan fingerprint density at radius 2 is 1.64 bits per heavy atom. The van der Waals surface area contributed by atoms with Gasteiger partial charge in [0.15, 0.2) is 15.6 Å². The number of hydrazine groups is 1. The Balaban J connectivity index is 1.86. The molecule has 0 aliphatic carbocycles. The predicted molar refractivity (Wildman–Crippen MR) is 105 cm³/mol. The van der Waals surface area contributed by atoms with Gasteiger partial charge < -0.3 is 4.74 Å². The number of amides is 3. The van der Waals surface area contributed by atoms with E-state index in [1.165, 1.54) is 43.4 Å². The Labute approximate surface area is 171 Å². The summed E-state index contributed by atoms with van der Waals surface area (Å²) in [6.45, 7) is -0.0532. The molecule has 11 heteroatoms. The minimum Gasteiger partial charge on any atom is -0.454 e. The summed E-state index contributed by atoms with van der Waals surface area (Å²) in [5.74, 6) is 0.116. The first-order valence-electron chi connectivity index (χ1n) is 7.89. The largest absolute Gasteiger partial charge is 0.454 e. The average molecular weight is 444 g/mol. The quantitative estimate of drug-likeness (QED) is 0.779. The van der Waals surface area contributed by atoms with Gasteiger partial charge in [0, 0.05) is 13.3 Å². The fraction of sp³-hybridized carbons (Fsp3) is 0.176. The van der Waals surface area contributed by atoms with Crippen LogP contribution in [-0.4, -0.2) is 45.1 Å². The summed E-state index contributed by atoms with van der Waals surface area (Å²) in [6, 6.07) is 8.12. The van der Waals surface area contributed by atoms with Crippen LogP contribution >= 0.6 is 23.2 Å². The fourth-order valence-electron chi connectivity index (χ4n) is 2.44. The first-order chi connectivity index (χ1) is 13.1. The molecule has 1 saturated heterocycles. The number of hydrogen-bond donors (Lipinski definition) is 1. The van der Waals surface area contributed by atoms with Gasteiger partial charge in [0.1, 0.15) is 5.75 Å². The van der Waals surface area contributed by atoms with Gasteiger partial charge in [-0.1, -0.05) is 23.2 Å². The van der Waals surface area contributed by atoms with E-state index < -0.39 is 15.9 Å². The average Bonchev–Trinajstić information content (AvgIpc) is 2.62. The van der Waals surface area contributed by atoms with Crippen LogP contribution in [0.4, 0.5) is 10.5 Å². The summed E-state index contributed by atoms with van der Waals surface area (Å²) in [7, 11) is -1.95. The van der Waals surface area contributed by atoms with Crippen LogP contribution < -0.4 is 15.2 Å². The Hall–Kier alpha value is -2.33. The van der Waals surface area contributed by atoms with E-state index in [2.05, 4.69) is 5.43 Å². The summed E-state index contributed by atoms with van der Waals surface area (Å²) in [4.78, 5) is 24.9. The van der Waals surface area contributed by atoms with Crippen LogP contribution in [0.2, 0.25) is 10.0 Å². The molecule has 1 aliphatic rings. The summed E-state index contributed by atoms with van der Waals surface area (Å²) < 4.78 is 28.7. The first-order valence-corrected chi connectivity index (χ1v) is 10.5. The van der Waals surface area contributed by atoms with E-state index in [0.717, 1.165) is 16.2 Å². The molecule has 0 aromatic heterocycles. The molecule has 0 bridgehead atoms. The van der Waals surface area contributed by atoms with Gasteiger partial charge in [-0.3, -0.25) is 9.69 Å². The number of rotatable bonds is 4. The van der Waals surface area contributed by atoms with E-state index in [4.69, 9.17) is 27.9 Å². The number of urea groups is 1. The molecule has 28 heavy (non-hydrogen) atoms. The third kappa shape index (κ3) is 4.07. The molecule has 0 radical (unpaired) electrons. The van der Waals surface area contributed by atoms with Crippen LogP contribution in [0.1, 0.15) is 0 Å². The second-order valence-corrected chi connectivity index (χ2v) is 8.82. The number of halogens is 2. The highest BCUT2D eigenvalue weighted by Gasteiger charge is 2.30. The van der Waals surface area contributed by atoms with Gasteiger partial charge in [-0.25, -0.2) is 23.6 Å².